The number of likely N-dealkylation sites (N-methyl/N-ethyl adjacent to an activating group) is 1. The van der Waals surface area contributed by atoms with Gasteiger partial charge in [-0.15, -0.1) is 0 Å². The van der Waals surface area contributed by atoms with Crippen LogP contribution in [-0.4, -0.2) is 62.2 Å². The Morgan fingerprint density at radius 1 is 1.12 bits per heavy atom. The lowest BCUT2D eigenvalue weighted by Gasteiger charge is -2.32. The molecule has 0 fully saturated rings. The van der Waals surface area contributed by atoms with Crippen molar-refractivity contribution >= 4 is 33.4 Å². The fourth-order valence-corrected chi connectivity index (χ4v) is 4.67. The number of ether oxygens (including phenoxy) is 1. The molecule has 0 aromatic heterocycles. The molecule has 0 aliphatic carbocycles. The molecule has 1 N–H and O–H groups in total. The summed E-state index contributed by atoms with van der Waals surface area (Å²) < 4.78 is 32.2. The summed E-state index contributed by atoms with van der Waals surface area (Å²) in [6, 6.07) is 12.0. The van der Waals surface area contributed by atoms with Crippen LogP contribution in [0.25, 0.3) is 0 Å². The number of amides is 2. The van der Waals surface area contributed by atoms with E-state index in [9.17, 15) is 18.0 Å². The molecule has 0 bridgehead atoms. The van der Waals surface area contributed by atoms with Gasteiger partial charge >= 0.3 is 0 Å². The topological polar surface area (TPSA) is 96.0 Å². The van der Waals surface area contributed by atoms with Crippen LogP contribution in [0.5, 0.6) is 5.75 Å². The molecule has 8 nitrogen and oxygen atoms in total. The maximum absolute atomic E-state index is 13.4. The molecule has 0 saturated carbocycles. The van der Waals surface area contributed by atoms with Crippen molar-refractivity contribution in [1.82, 2.24) is 14.5 Å². The van der Waals surface area contributed by atoms with Gasteiger partial charge in [0, 0.05) is 24.7 Å². The molecule has 0 heterocycles. The summed E-state index contributed by atoms with van der Waals surface area (Å²) in [7, 11) is -1.05. The first-order chi connectivity index (χ1) is 16.0. The minimum atomic E-state index is -3.93. The minimum absolute atomic E-state index is 0.0242. The zero-order valence-electron chi connectivity index (χ0n) is 20.1. The van der Waals surface area contributed by atoms with Gasteiger partial charge in [-0.05, 0) is 62.2 Å². The highest BCUT2D eigenvalue weighted by atomic mass is 35.5. The fraction of sp³-hybridized carbons (Fsp3) is 0.417. The average Bonchev–Trinajstić information content (AvgIpc) is 2.78. The van der Waals surface area contributed by atoms with Crippen LogP contribution >= 0.6 is 11.6 Å². The predicted octanol–water partition coefficient (Wildman–Crippen LogP) is 3.30. The smallest absolute Gasteiger partial charge is 0.243 e. The van der Waals surface area contributed by atoms with E-state index in [4.69, 9.17) is 16.3 Å². The summed E-state index contributed by atoms with van der Waals surface area (Å²) in [4.78, 5) is 27.8. The first kappa shape index (κ1) is 27.6. The molecule has 0 aliphatic rings. The molecule has 1 atom stereocenters. The second-order valence-corrected chi connectivity index (χ2v) is 10.7. The van der Waals surface area contributed by atoms with E-state index in [1.807, 2.05) is 26.8 Å². The van der Waals surface area contributed by atoms with Crippen LogP contribution in [-0.2, 0) is 26.2 Å². The van der Waals surface area contributed by atoms with Gasteiger partial charge in [0.05, 0.1) is 18.6 Å². The number of benzene rings is 2. The molecule has 10 heteroatoms. The van der Waals surface area contributed by atoms with Gasteiger partial charge in [0.2, 0.25) is 21.8 Å². The van der Waals surface area contributed by atoms with Crippen molar-refractivity contribution in [3.8, 4) is 5.75 Å². The summed E-state index contributed by atoms with van der Waals surface area (Å²) in [5.74, 6) is -0.169. The normalized spacial score (nSPS) is 12.5. The third kappa shape index (κ3) is 7.19. The van der Waals surface area contributed by atoms with Gasteiger partial charge in [0.25, 0.3) is 0 Å². The highest BCUT2D eigenvalue weighted by molar-refractivity contribution is 7.89. The first-order valence-corrected chi connectivity index (χ1v) is 12.8. The molecular weight excluding hydrogens is 478 g/mol. The standard InChI is InChI=1S/C24H32ClN3O5S/c1-6-22(24(30)26-17(2)3)28(15-18-8-7-9-20(14-18)33-5)23(29)16-27(4)34(31,32)21-12-10-19(25)11-13-21/h7-14,17,22H,6,15-16H2,1-5H3,(H,26,30)/t22-/m1/s1. The maximum atomic E-state index is 13.4. The molecule has 0 unspecified atom stereocenters. The Hall–Kier alpha value is -2.62. The van der Waals surface area contributed by atoms with Gasteiger partial charge in [-0.25, -0.2) is 8.42 Å². The predicted molar refractivity (Wildman–Crippen MR) is 132 cm³/mol. The number of carbonyl (C=O) groups is 2. The quantitative estimate of drug-likeness (QED) is 0.501. The Labute approximate surface area is 206 Å². The second kappa shape index (κ2) is 12.2. The number of hydrogen-bond donors (Lipinski definition) is 1. The molecule has 34 heavy (non-hydrogen) atoms. The van der Waals surface area contributed by atoms with Crippen LogP contribution < -0.4 is 10.1 Å². The lowest BCUT2D eigenvalue weighted by atomic mass is 10.1. The lowest BCUT2D eigenvalue weighted by Crippen LogP contribution is -2.52. The molecule has 0 saturated heterocycles. The van der Waals surface area contributed by atoms with Crippen molar-refractivity contribution in [2.45, 2.75) is 50.7 Å². The largest absolute Gasteiger partial charge is 0.497 e. The lowest BCUT2D eigenvalue weighted by molar-refractivity contribution is -0.141. The van der Waals surface area contributed by atoms with Crippen LogP contribution in [0.4, 0.5) is 0 Å². The molecule has 2 rings (SSSR count). The SMILES string of the molecule is CC[C@H](C(=O)NC(C)C)N(Cc1cccc(OC)c1)C(=O)CN(C)S(=O)(=O)c1ccc(Cl)cc1. The van der Waals surface area contributed by atoms with Crippen molar-refractivity contribution in [3.63, 3.8) is 0 Å². The van der Waals surface area contributed by atoms with E-state index in [0.717, 1.165) is 9.87 Å². The Morgan fingerprint density at radius 2 is 1.76 bits per heavy atom. The van der Waals surface area contributed by atoms with Crippen molar-refractivity contribution in [2.75, 3.05) is 20.7 Å². The van der Waals surface area contributed by atoms with Crippen LogP contribution in [0.3, 0.4) is 0 Å². The van der Waals surface area contributed by atoms with E-state index in [2.05, 4.69) is 5.32 Å². The number of rotatable bonds is 11. The van der Waals surface area contributed by atoms with Gasteiger partial charge in [0.15, 0.2) is 0 Å². The third-order valence-electron chi connectivity index (χ3n) is 5.18. The summed E-state index contributed by atoms with van der Waals surface area (Å²) in [5.41, 5.74) is 0.756. The highest BCUT2D eigenvalue weighted by Crippen LogP contribution is 2.20. The van der Waals surface area contributed by atoms with Gasteiger partial charge < -0.3 is 15.0 Å². The summed E-state index contributed by atoms with van der Waals surface area (Å²) in [6.07, 6.45) is 0.363. The monoisotopic (exact) mass is 509 g/mol. The van der Waals surface area contributed by atoms with Gasteiger partial charge in [-0.1, -0.05) is 30.7 Å². The van der Waals surface area contributed by atoms with Crippen LogP contribution in [0, 0.1) is 0 Å². The molecule has 0 spiro atoms. The first-order valence-electron chi connectivity index (χ1n) is 10.9. The number of sulfonamides is 1. The zero-order valence-corrected chi connectivity index (χ0v) is 21.7. The third-order valence-corrected chi connectivity index (χ3v) is 7.25. The molecule has 0 radical (unpaired) electrons. The molecule has 2 amide bonds. The van der Waals surface area contributed by atoms with Crippen molar-refractivity contribution in [2.24, 2.45) is 0 Å². The Balaban J connectivity index is 2.34. The number of methoxy groups -OCH3 is 1. The van der Waals surface area contributed by atoms with E-state index in [1.165, 1.54) is 36.2 Å². The highest BCUT2D eigenvalue weighted by Gasteiger charge is 2.32. The molecule has 2 aromatic rings. The average molecular weight is 510 g/mol. The Kier molecular flexibility index (Phi) is 9.90. The number of carbonyl (C=O) groups excluding carboxylic acids is 2. The Bertz CT molecular complexity index is 1090. The number of nitrogens with one attached hydrogen (secondary N) is 1. The minimum Gasteiger partial charge on any atom is -0.497 e. The number of halogens is 1. The van der Waals surface area contributed by atoms with E-state index >= 15 is 0 Å². The van der Waals surface area contributed by atoms with Gasteiger partial charge in [-0.2, -0.15) is 4.31 Å². The number of nitrogens with zero attached hydrogens (tertiary/aromatic N) is 2. The fourth-order valence-electron chi connectivity index (χ4n) is 3.42. The van der Waals surface area contributed by atoms with Crippen molar-refractivity contribution in [3.05, 3.63) is 59.1 Å². The van der Waals surface area contributed by atoms with Crippen LogP contribution in [0.15, 0.2) is 53.4 Å². The maximum Gasteiger partial charge on any atom is 0.243 e. The molecule has 2 aromatic carbocycles. The van der Waals surface area contributed by atoms with Crippen molar-refractivity contribution < 1.29 is 22.7 Å². The van der Waals surface area contributed by atoms with Gasteiger partial charge in [0.1, 0.15) is 11.8 Å². The second-order valence-electron chi connectivity index (χ2n) is 8.18. The molecule has 186 valence electrons. The van der Waals surface area contributed by atoms with E-state index in [-0.39, 0.29) is 23.4 Å². The van der Waals surface area contributed by atoms with E-state index in [0.29, 0.717) is 17.2 Å². The molecule has 0 aliphatic heterocycles. The number of hydrogen-bond acceptors (Lipinski definition) is 5. The van der Waals surface area contributed by atoms with Crippen LogP contribution in [0.2, 0.25) is 5.02 Å². The summed E-state index contributed by atoms with van der Waals surface area (Å²) >= 11 is 5.87. The van der Waals surface area contributed by atoms with E-state index in [1.54, 1.807) is 25.3 Å². The van der Waals surface area contributed by atoms with E-state index < -0.39 is 28.5 Å². The van der Waals surface area contributed by atoms with Crippen molar-refractivity contribution in [1.29, 1.82) is 0 Å². The summed E-state index contributed by atoms with van der Waals surface area (Å²) in [6.45, 7) is 5.18. The Morgan fingerprint density at radius 3 is 2.32 bits per heavy atom. The molecular formula is C24H32ClN3O5S. The zero-order chi connectivity index (χ0) is 25.5. The van der Waals surface area contributed by atoms with Crippen LogP contribution in [0.1, 0.15) is 32.8 Å². The van der Waals surface area contributed by atoms with Gasteiger partial charge in [-0.3, -0.25) is 9.59 Å². The summed E-state index contributed by atoms with van der Waals surface area (Å²) in [5, 5.41) is 3.26.